The minimum absolute atomic E-state index is 0.200. The minimum Gasteiger partial charge on any atom is -0.483 e. The molecule has 154 valence electrons. The lowest BCUT2D eigenvalue weighted by molar-refractivity contribution is -0.155. The molecule has 0 saturated carbocycles. The molecule has 1 aromatic heterocycles. The number of carbonyl (C=O) groups excluding carboxylic acids is 3. The smallest absolute Gasteiger partial charge is 0.344 e. The molecular weight excluding hydrogens is 396 g/mol. The first-order chi connectivity index (χ1) is 13.7. The van der Waals surface area contributed by atoms with Crippen molar-refractivity contribution in [2.45, 2.75) is 38.9 Å². The van der Waals surface area contributed by atoms with Gasteiger partial charge in [0.1, 0.15) is 10.6 Å². The van der Waals surface area contributed by atoms with Crippen molar-refractivity contribution in [1.29, 1.82) is 0 Å². The van der Waals surface area contributed by atoms with E-state index in [9.17, 15) is 14.4 Å². The lowest BCUT2D eigenvalue weighted by atomic mass is 10.0. The minimum atomic E-state index is -1.08. The summed E-state index contributed by atoms with van der Waals surface area (Å²) in [6, 6.07) is 7.00. The van der Waals surface area contributed by atoms with Crippen molar-refractivity contribution in [3.05, 3.63) is 40.8 Å². The second kappa shape index (κ2) is 8.12. The number of hydrogen-bond acceptors (Lipinski definition) is 7. The van der Waals surface area contributed by atoms with E-state index in [0.29, 0.717) is 16.5 Å². The van der Waals surface area contributed by atoms with Gasteiger partial charge in [-0.1, -0.05) is 12.1 Å². The average Bonchev–Trinajstić information content (AvgIpc) is 3.22. The molecule has 0 spiro atoms. The highest BCUT2D eigenvalue weighted by Crippen LogP contribution is 2.41. The molecule has 1 aliphatic heterocycles. The van der Waals surface area contributed by atoms with Crippen molar-refractivity contribution in [3.63, 3.8) is 0 Å². The van der Waals surface area contributed by atoms with Gasteiger partial charge < -0.3 is 25.3 Å². The number of ether oxygens (including phenoxy) is 3. The van der Waals surface area contributed by atoms with Crippen LogP contribution in [0, 0.1) is 0 Å². The van der Waals surface area contributed by atoms with Crippen LogP contribution in [-0.2, 0) is 20.7 Å². The molecule has 1 aliphatic rings. The molecule has 2 amide bonds. The third-order valence-electron chi connectivity index (χ3n) is 4.25. The fourth-order valence-electron chi connectivity index (χ4n) is 2.94. The number of para-hydroxylation sites is 1. The Morgan fingerprint density at radius 3 is 2.79 bits per heavy atom. The quantitative estimate of drug-likeness (QED) is 0.667. The molecule has 0 saturated heterocycles. The summed E-state index contributed by atoms with van der Waals surface area (Å²) in [5.74, 6) is -0.863. The van der Waals surface area contributed by atoms with Crippen molar-refractivity contribution in [2.24, 2.45) is 5.73 Å². The highest BCUT2D eigenvalue weighted by molar-refractivity contribution is 7.14. The largest absolute Gasteiger partial charge is 0.483 e. The number of thiophene rings is 1. The van der Waals surface area contributed by atoms with E-state index in [1.807, 2.05) is 26.0 Å². The maximum atomic E-state index is 12.2. The maximum absolute atomic E-state index is 12.2. The first kappa shape index (κ1) is 20.7. The van der Waals surface area contributed by atoms with Crippen molar-refractivity contribution in [2.75, 3.05) is 11.9 Å². The molecule has 0 aliphatic carbocycles. The Bertz CT molecular complexity index is 952. The van der Waals surface area contributed by atoms with E-state index in [-0.39, 0.29) is 17.8 Å². The molecule has 3 rings (SSSR count). The van der Waals surface area contributed by atoms with Crippen LogP contribution in [0.15, 0.2) is 29.6 Å². The van der Waals surface area contributed by atoms with Gasteiger partial charge in [-0.2, -0.15) is 0 Å². The molecule has 3 N–H and O–H groups in total. The van der Waals surface area contributed by atoms with Gasteiger partial charge in [0.25, 0.3) is 11.8 Å². The van der Waals surface area contributed by atoms with Crippen LogP contribution in [0.4, 0.5) is 5.00 Å². The number of nitrogens with one attached hydrogen (secondary N) is 1. The van der Waals surface area contributed by atoms with E-state index in [4.69, 9.17) is 19.9 Å². The number of esters is 1. The Morgan fingerprint density at radius 2 is 2.07 bits per heavy atom. The summed E-state index contributed by atoms with van der Waals surface area (Å²) >= 11 is 1.15. The molecule has 8 nitrogen and oxygen atoms in total. The Balaban J connectivity index is 1.54. The summed E-state index contributed by atoms with van der Waals surface area (Å²) in [7, 11) is 0. The van der Waals surface area contributed by atoms with Crippen molar-refractivity contribution in [3.8, 4) is 11.5 Å². The topological polar surface area (TPSA) is 117 Å². The number of amides is 2. The molecule has 0 bridgehead atoms. The first-order valence-electron chi connectivity index (χ1n) is 8.97. The SMILES string of the molecule is C[C@H](OC(=O)COc1cccc2c1OC(C)(C)C2)C(=O)Nc1sccc1C(N)=O. The van der Waals surface area contributed by atoms with Gasteiger partial charge in [0.15, 0.2) is 24.2 Å². The standard InChI is InChI=1S/C20H22N2O6S/c1-11(18(25)22-19-13(17(21)24)7-8-29-19)27-15(23)10-26-14-6-4-5-12-9-20(2,3)28-16(12)14/h4-8,11H,9-10H2,1-3H3,(H2,21,24)(H,22,25)/t11-/m0/s1. The zero-order chi connectivity index (χ0) is 21.2. The van der Waals surface area contributed by atoms with Gasteiger partial charge in [-0.25, -0.2) is 4.79 Å². The molecule has 0 fully saturated rings. The number of benzene rings is 1. The lowest BCUT2D eigenvalue weighted by Gasteiger charge is -2.18. The van der Waals surface area contributed by atoms with Crippen LogP contribution in [-0.4, -0.2) is 36.1 Å². The van der Waals surface area contributed by atoms with Gasteiger partial charge in [-0.15, -0.1) is 11.3 Å². The van der Waals surface area contributed by atoms with E-state index in [1.54, 1.807) is 11.4 Å². The second-order valence-electron chi connectivity index (χ2n) is 7.22. The Labute approximate surface area is 171 Å². The fourth-order valence-corrected chi connectivity index (χ4v) is 3.73. The highest BCUT2D eigenvalue weighted by atomic mass is 32.1. The number of fused-ring (bicyclic) bond motifs is 1. The van der Waals surface area contributed by atoms with Gasteiger partial charge in [0.2, 0.25) is 0 Å². The molecule has 2 aromatic rings. The van der Waals surface area contributed by atoms with Gasteiger partial charge in [-0.05, 0) is 38.3 Å². The average molecular weight is 418 g/mol. The predicted octanol–water partition coefficient (Wildman–Crippen LogP) is 2.51. The number of hydrogen-bond donors (Lipinski definition) is 2. The Morgan fingerprint density at radius 1 is 1.31 bits per heavy atom. The summed E-state index contributed by atoms with van der Waals surface area (Å²) < 4.78 is 16.6. The third-order valence-corrected chi connectivity index (χ3v) is 5.08. The first-order valence-corrected chi connectivity index (χ1v) is 9.85. The fraction of sp³-hybridized carbons (Fsp3) is 0.350. The number of nitrogens with two attached hydrogens (primary N) is 1. The monoisotopic (exact) mass is 418 g/mol. The van der Waals surface area contributed by atoms with Crippen LogP contribution in [0.2, 0.25) is 0 Å². The van der Waals surface area contributed by atoms with E-state index in [1.165, 1.54) is 13.0 Å². The van der Waals surface area contributed by atoms with E-state index >= 15 is 0 Å². The molecule has 0 unspecified atom stereocenters. The molecule has 29 heavy (non-hydrogen) atoms. The zero-order valence-electron chi connectivity index (χ0n) is 16.3. The highest BCUT2D eigenvalue weighted by Gasteiger charge is 2.32. The van der Waals surface area contributed by atoms with Crippen LogP contribution in [0.5, 0.6) is 11.5 Å². The summed E-state index contributed by atoms with van der Waals surface area (Å²) in [6.07, 6.45) is -0.331. The molecule has 0 radical (unpaired) electrons. The molecule has 9 heteroatoms. The molecule has 1 atom stereocenters. The summed E-state index contributed by atoms with van der Waals surface area (Å²) in [5, 5.41) is 4.47. The van der Waals surface area contributed by atoms with Crippen LogP contribution in [0.25, 0.3) is 0 Å². The predicted molar refractivity (Wildman–Crippen MR) is 107 cm³/mol. The summed E-state index contributed by atoms with van der Waals surface area (Å²) in [5.41, 5.74) is 6.12. The summed E-state index contributed by atoms with van der Waals surface area (Å²) in [4.78, 5) is 35.6. The molecule has 2 heterocycles. The third kappa shape index (κ3) is 4.86. The number of rotatable bonds is 7. The van der Waals surface area contributed by atoms with Crippen LogP contribution < -0.4 is 20.5 Å². The zero-order valence-corrected chi connectivity index (χ0v) is 17.1. The second-order valence-corrected chi connectivity index (χ2v) is 8.14. The van der Waals surface area contributed by atoms with E-state index in [2.05, 4.69) is 5.32 Å². The Kier molecular flexibility index (Phi) is 5.78. The van der Waals surface area contributed by atoms with Crippen LogP contribution in [0.1, 0.15) is 36.7 Å². The number of carbonyl (C=O) groups is 3. The van der Waals surface area contributed by atoms with Gasteiger partial charge in [-0.3, -0.25) is 9.59 Å². The van der Waals surface area contributed by atoms with Crippen molar-refractivity contribution < 1.29 is 28.6 Å². The summed E-state index contributed by atoms with van der Waals surface area (Å²) in [6.45, 7) is 5.01. The van der Waals surface area contributed by atoms with E-state index in [0.717, 1.165) is 23.3 Å². The molecule has 1 aromatic carbocycles. The maximum Gasteiger partial charge on any atom is 0.344 e. The number of primary amides is 1. The van der Waals surface area contributed by atoms with Crippen molar-refractivity contribution in [1.82, 2.24) is 0 Å². The van der Waals surface area contributed by atoms with Crippen LogP contribution in [0.3, 0.4) is 0 Å². The normalized spacial score (nSPS) is 15.0. The van der Waals surface area contributed by atoms with Crippen LogP contribution >= 0.6 is 11.3 Å². The van der Waals surface area contributed by atoms with E-state index < -0.39 is 23.9 Å². The van der Waals surface area contributed by atoms with Gasteiger partial charge >= 0.3 is 5.97 Å². The molecular formula is C20H22N2O6S. The lowest BCUT2D eigenvalue weighted by Crippen LogP contribution is -2.32. The Hall–Kier alpha value is -3.07. The number of anilines is 1. The van der Waals surface area contributed by atoms with Gasteiger partial charge in [0, 0.05) is 12.0 Å². The van der Waals surface area contributed by atoms with Gasteiger partial charge in [0.05, 0.1) is 5.56 Å². The van der Waals surface area contributed by atoms with Crippen molar-refractivity contribution >= 4 is 34.1 Å².